The van der Waals surface area contributed by atoms with Crippen molar-refractivity contribution in [3.05, 3.63) is 53.7 Å². The Morgan fingerprint density at radius 2 is 2.00 bits per heavy atom. The highest BCUT2D eigenvalue weighted by Gasteiger charge is 2.27. The number of aryl methyl sites for hydroxylation is 1. The lowest BCUT2D eigenvalue weighted by molar-refractivity contribution is 1.13. The third kappa shape index (κ3) is 1.70. The second kappa shape index (κ2) is 4.10. The van der Waals surface area contributed by atoms with E-state index in [4.69, 9.17) is 10.7 Å². The van der Waals surface area contributed by atoms with E-state index in [2.05, 4.69) is 43.3 Å². The second-order valence-electron chi connectivity index (χ2n) is 5.64. The van der Waals surface area contributed by atoms with Crippen LogP contribution in [0.2, 0.25) is 0 Å². The minimum Gasteiger partial charge on any atom is -0.383 e. The molecule has 20 heavy (non-hydrogen) atoms. The zero-order valence-corrected chi connectivity index (χ0v) is 11.5. The van der Waals surface area contributed by atoms with Gasteiger partial charge in [0.05, 0.1) is 0 Å². The van der Waals surface area contributed by atoms with Gasteiger partial charge in [0, 0.05) is 11.8 Å². The van der Waals surface area contributed by atoms with Crippen molar-refractivity contribution < 1.29 is 0 Å². The number of hydrogen-bond acceptors (Lipinski definition) is 2. The maximum atomic E-state index is 6.31. The first-order chi connectivity index (χ1) is 9.74. The Morgan fingerprint density at radius 1 is 1.20 bits per heavy atom. The van der Waals surface area contributed by atoms with Crippen LogP contribution >= 0.6 is 0 Å². The smallest absolute Gasteiger partial charge is 0.139 e. The van der Waals surface area contributed by atoms with Crippen LogP contribution in [0, 0.1) is 6.92 Å². The lowest BCUT2D eigenvalue weighted by Gasteiger charge is -2.06. The molecule has 100 valence electrons. The lowest BCUT2D eigenvalue weighted by Crippen LogP contribution is -1.95. The largest absolute Gasteiger partial charge is 0.383 e. The summed E-state index contributed by atoms with van der Waals surface area (Å²) in [5.41, 5.74) is 11.9. The van der Waals surface area contributed by atoms with E-state index < -0.39 is 0 Å². The van der Waals surface area contributed by atoms with Gasteiger partial charge < -0.3 is 5.73 Å². The number of hydrogen-bond donors (Lipinski definition) is 1. The Balaban J connectivity index is 1.96. The number of nitrogen functional groups attached to an aromatic ring is 1. The number of benzene rings is 1. The molecule has 3 heteroatoms. The van der Waals surface area contributed by atoms with Crippen LogP contribution in [0.15, 0.2) is 42.6 Å². The zero-order chi connectivity index (χ0) is 13.7. The molecule has 2 N–H and O–H groups in total. The van der Waals surface area contributed by atoms with Crippen LogP contribution < -0.4 is 5.73 Å². The van der Waals surface area contributed by atoms with Crippen molar-refractivity contribution in [3.63, 3.8) is 0 Å². The highest BCUT2D eigenvalue weighted by atomic mass is 15.1. The first-order valence-electron chi connectivity index (χ1n) is 7.07. The summed E-state index contributed by atoms with van der Waals surface area (Å²) >= 11 is 0. The molecule has 0 unspecified atom stereocenters. The van der Waals surface area contributed by atoms with Gasteiger partial charge in [0.2, 0.25) is 0 Å². The molecule has 2 aromatic heterocycles. The molecule has 0 saturated heterocycles. The van der Waals surface area contributed by atoms with Gasteiger partial charge in [-0.15, -0.1) is 0 Å². The van der Waals surface area contributed by atoms with Crippen LogP contribution in [0.1, 0.15) is 29.9 Å². The maximum absolute atomic E-state index is 6.31. The molecule has 3 nitrogen and oxygen atoms in total. The molecule has 1 aliphatic carbocycles. The van der Waals surface area contributed by atoms with Gasteiger partial charge in [0.1, 0.15) is 17.2 Å². The molecular formula is C17H17N3. The van der Waals surface area contributed by atoms with Crippen molar-refractivity contribution in [1.29, 1.82) is 0 Å². The normalized spacial score (nSPS) is 14.8. The summed E-state index contributed by atoms with van der Waals surface area (Å²) < 4.78 is 1.96. The average molecular weight is 263 g/mol. The summed E-state index contributed by atoms with van der Waals surface area (Å²) in [6.45, 7) is 2.07. The van der Waals surface area contributed by atoms with Gasteiger partial charge in [-0.2, -0.15) is 0 Å². The van der Waals surface area contributed by atoms with E-state index in [-0.39, 0.29) is 0 Å². The third-order valence-electron chi connectivity index (χ3n) is 4.05. The SMILES string of the molecule is Cc1ccn2c(N)c(-c3ccccc3C3CC3)nc2c1. The number of rotatable bonds is 2. The molecule has 0 aliphatic heterocycles. The quantitative estimate of drug-likeness (QED) is 0.764. The van der Waals surface area contributed by atoms with E-state index in [0.717, 1.165) is 17.2 Å². The van der Waals surface area contributed by atoms with Crippen molar-refractivity contribution >= 4 is 11.5 Å². The van der Waals surface area contributed by atoms with E-state index in [9.17, 15) is 0 Å². The number of anilines is 1. The standard InChI is InChI=1S/C17H17N3/c1-11-8-9-20-15(10-11)19-16(17(20)18)14-5-3-2-4-13(14)12-6-7-12/h2-5,8-10,12H,6-7,18H2,1H3. The van der Waals surface area contributed by atoms with Crippen LogP contribution in [0.3, 0.4) is 0 Å². The molecule has 0 bridgehead atoms. The predicted octanol–water partition coefficient (Wildman–Crippen LogP) is 3.77. The molecule has 3 aromatic rings. The van der Waals surface area contributed by atoms with Crippen LogP contribution in [-0.2, 0) is 0 Å². The number of pyridine rings is 1. The van der Waals surface area contributed by atoms with Gasteiger partial charge in [-0.05, 0) is 48.9 Å². The number of aromatic nitrogens is 2. The van der Waals surface area contributed by atoms with E-state index in [0.29, 0.717) is 5.92 Å². The van der Waals surface area contributed by atoms with E-state index in [1.165, 1.54) is 29.5 Å². The Labute approximate surface area is 118 Å². The molecule has 0 spiro atoms. The molecule has 1 aliphatic rings. The summed E-state index contributed by atoms with van der Waals surface area (Å²) in [5, 5.41) is 0. The molecule has 0 atom stereocenters. The Kier molecular flexibility index (Phi) is 2.36. The fraction of sp³-hybridized carbons (Fsp3) is 0.235. The summed E-state index contributed by atoms with van der Waals surface area (Å²) in [5.74, 6) is 1.42. The Bertz CT molecular complexity index is 797. The third-order valence-corrected chi connectivity index (χ3v) is 4.05. The van der Waals surface area contributed by atoms with Gasteiger partial charge in [-0.3, -0.25) is 4.40 Å². The van der Waals surface area contributed by atoms with Crippen molar-refractivity contribution in [2.75, 3.05) is 5.73 Å². The summed E-state index contributed by atoms with van der Waals surface area (Å²) in [6.07, 6.45) is 4.56. The van der Waals surface area contributed by atoms with Crippen molar-refractivity contribution in [2.45, 2.75) is 25.7 Å². The fourth-order valence-corrected chi connectivity index (χ4v) is 2.83. The predicted molar refractivity (Wildman–Crippen MR) is 81.8 cm³/mol. The summed E-state index contributed by atoms with van der Waals surface area (Å²) in [4.78, 5) is 4.75. The topological polar surface area (TPSA) is 43.3 Å². The Hall–Kier alpha value is -2.29. The molecule has 1 aromatic carbocycles. The number of nitrogens with two attached hydrogens (primary N) is 1. The lowest BCUT2D eigenvalue weighted by atomic mass is 10.0. The molecule has 1 saturated carbocycles. The molecule has 1 fully saturated rings. The van der Waals surface area contributed by atoms with Gasteiger partial charge in [-0.25, -0.2) is 4.98 Å². The highest BCUT2D eigenvalue weighted by Crippen LogP contribution is 2.45. The summed E-state index contributed by atoms with van der Waals surface area (Å²) in [6, 6.07) is 12.6. The van der Waals surface area contributed by atoms with Gasteiger partial charge in [-0.1, -0.05) is 24.3 Å². The number of nitrogens with zero attached hydrogens (tertiary/aromatic N) is 2. The van der Waals surface area contributed by atoms with Crippen molar-refractivity contribution in [1.82, 2.24) is 9.38 Å². The average Bonchev–Trinajstić information content (AvgIpc) is 3.24. The number of imidazole rings is 1. The monoisotopic (exact) mass is 263 g/mol. The molecule has 0 amide bonds. The highest BCUT2D eigenvalue weighted by molar-refractivity contribution is 5.77. The first kappa shape index (κ1) is 11.5. The number of fused-ring (bicyclic) bond motifs is 1. The van der Waals surface area contributed by atoms with Crippen LogP contribution in [0.5, 0.6) is 0 Å². The van der Waals surface area contributed by atoms with Gasteiger partial charge in [0.15, 0.2) is 0 Å². The molecule has 0 radical (unpaired) electrons. The maximum Gasteiger partial charge on any atom is 0.139 e. The van der Waals surface area contributed by atoms with Gasteiger partial charge >= 0.3 is 0 Å². The van der Waals surface area contributed by atoms with Crippen LogP contribution in [-0.4, -0.2) is 9.38 Å². The molecule has 4 rings (SSSR count). The van der Waals surface area contributed by atoms with Crippen molar-refractivity contribution in [2.24, 2.45) is 0 Å². The van der Waals surface area contributed by atoms with Gasteiger partial charge in [0.25, 0.3) is 0 Å². The summed E-state index contributed by atoms with van der Waals surface area (Å²) in [7, 11) is 0. The minimum absolute atomic E-state index is 0.692. The van der Waals surface area contributed by atoms with Crippen LogP contribution in [0.25, 0.3) is 16.9 Å². The second-order valence-corrected chi connectivity index (χ2v) is 5.64. The van der Waals surface area contributed by atoms with E-state index in [1.54, 1.807) is 0 Å². The zero-order valence-electron chi connectivity index (χ0n) is 11.5. The first-order valence-corrected chi connectivity index (χ1v) is 7.07. The van der Waals surface area contributed by atoms with E-state index in [1.807, 2.05) is 10.6 Å². The van der Waals surface area contributed by atoms with Crippen LogP contribution in [0.4, 0.5) is 5.82 Å². The molecular weight excluding hydrogens is 246 g/mol. The van der Waals surface area contributed by atoms with Crippen molar-refractivity contribution in [3.8, 4) is 11.3 Å². The fourth-order valence-electron chi connectivity index (χ4n) is 2.83. The molecule has 2 heterocycles. The van der Waals surface area contributed by atoms with E-state index >= 15 is 0 Å². The Morgan fingerprint density at radius 3 is 2.80 bits per heavy atom. The minimum atomic E-state index is 0.692.